The molecule has 0 spiro atoms. The normalized spacial score (nSPS) is 16.5. The number of hydrogen-bond acceptors (Lipinski definition) is 2. The van der Waals surface area contributed by atoms with E-state index in [2.05, 4.69) is 5.32 Å². The number of benzene rings is 1. The lowest BCUT2D eigenvalue weighted by molar-refractivity contribution is -0.123. The molecule has 112 valence electrons. The molecule has 2 aromatic rings. The van der Waals surface area contributed by atoms with Gasteiger partial charge in [0.1, 0.15) is 5.70 Å². The van der Waals surface area contributed by atoms with E-state index in [0.717, 1.165) is 16.0 Å². The fraction of sp³-hybridized carbons (Fsp3) is 0.125. The first-order valence-electron chi connectivity index (χ1n) is 6.74. The minimum absolute atomic E-state index is 0.149. The Morgan fingerprint density at radius 3 is 2.68 bits per heavy atom. The van der Waals surface area contributed by atoms with Crippen LogP contribution < -0.4 is 5.32 Å². The summed E-state index contributed by atoms with van der Waals surface area (Å²) in [6, 6.07) is 8.58. The average Bonchev–Trinajstić information content (AvgIpc) is 3.00. The smallest absolute Gasteiger partial charge is 0.329 e. The third-order valence-electron chi connectivity index (χ3n) is 3.41. The van der Waals surface area contributed by atoms with Crippen LogP contribution in [0.4, 0.5) is 4.79 Å². The van der Waals surface area contributed by atoms with E-state index in [1.807, 2.05) is 36.1 Å². The van der Waals surface area contributed by atoms with Gasteiger partial charge in [0, 0.05) is 24.5 Å². The van der Waals surface area contributed by atoms with E-state index in [4.69, 9.17) is 11.6 Å². The maximum atomic E-state index is 12.4. The predicted octanol–water partition coefficient (Wildman–Crippen LogP) is 2.77. The number of carbonyl (C=O) groups is 2. The second-order valence-electron chi connectivity index (χ2n) is 5.08. The van der Waals surface area contributed by atoms with Gasteiger partial charge in [-0.2, -0.15) is 0 Å². The summed E-state index contributed by atoms with van der Waals surface area (Å²) in [5.41, 5.74) is 1.85. The van der Waals surface area contributed by atoms with Crippen LogP contribution in [0.15, 0.2) is 48.4 Å². The predicted molar refractivity (Wildman–Crippen MR) is 83.9 cm³/mol. The number of aromatic nitrogens is 1. The van der Waals surface area contributed by atoms with Crippen molar-refractivity contribution >= 4 is 29.6 Å². The van der Waals surface area contributed by atoms with Crippen molar-refractivity contribution < 1.29 is 9.59 Å². The average molecular weight is 316 g/mol. The molecule has 1 aliphatic heterocycles. The van der Waals surface area contributed by atoms with Gasteiger partial charge in [0.15, 0.2) is 0 Å². The zero-order valence-corrected chi connectivity index (χ0v) is 12.7. The minimum atomic E-state index is -0.438. The number of aryl methyl sites for hydroxylation is 1. The molecule has 1 aromatic heterocycles. The van der Waals surface area contributed by atoms with E-state index in [-0.39, 0.29) is 18.1 Å². The van der Waals surface area contributed by atoms with Crippen molar-refractivity contribution in [1.29, 1.82) is 0 Å². The van der Waals surface area contributed by atoms with Gasteiger partial charge in [-0.25, -0.2) is 4.79 Å². The first-order chi connectivity index (χ1) is 10.5. The van der Waals surface area contributed by atoms with Gasteiger partial charge in [0.2, 0.25) is 0 Å². The fourth-order valence-electron chi connectivity index (χ4n) is 2.29. The summed E-state index contributed by atoms with van der Waals surface area (Å²) in [6.45, 7) is 0.149. The highest BCUT2D eigenvalue weighted by Gasteiger charge is 2.33. The van der Waals surface area contributed by atoms with Crippen LogP contribution in [0.1, 0.15) is 11.1 Å². The summed E-state index contributed by atoms with van der Waals surface area (Å²) in [6.07, 6.45) is 5.39. The number of amides is 3. The first-order valence-corrected chi connectivity index (χ1v) is 7.12. The van der Waals surface area contributed by atoms with Gasteiger partial charge in [0.05, 0.1) is 6.54 Å². The molecule has 6 heteroatoms. The maximum Gasteiger partial charge on any atom is 0.329 e. The van der Waals surface area contributed by atoms with Crippen LogP contribution in [-0.2, 0) is 18.4 Å². The molecule has 3 amide bonds. The molecule has 1 aliphatic rings. The Morgan fingerprint density at radius 1 is 1.23 bits per heavy atom. The van der Waals surface area contributed by atoms with Gasteiger partial charge in [-0.05, 0) is 29.3 Å². The van der Waals surface area contributed by atoms with Crippen molar-refractivity contribution in [1.82, 2.24) is 14.8 Å². The molecule has 0 unspecified atom stereocenters. The molecule has 1 N–H and O–H groups in total. The molecule has 1 saturated heterocycles. The van der Waals surface area contributed by atoms with E-state index in [9.17, 15) is 9.59 Å². The maximum absolute atomic E-state index is 12.4. The summed E-state index contributed by atoms with van der Waals surface area (Å²) in [5.74, 6) is -0.353. The molecule has 0 atom stereocenters. The highest BCUT2D eigenvalue weighted by atomic mass is 35.5. The zero-order chi connectivity index (χ0) is 15.7. The van der Waals surface area contributed by atoms with Crippen molar-refractivity contribution in [2.45, 2.75) is 6.54 Å². The van der Waals surface area contributed by atoms with Crippen molar-refractivity contribution in [2.75, 3.05) is 0 Å². The number of carbonyl (C=O) groups excluding carboxylic acids is 2. The number of imide groups is 1. The molecule has 0 bridgehead atoms. The monoisotopic (exact) mass is 315 g/mol. The Morgan fingerprint density at radius 2 is 2.00 bits per heavy atom. The van der Waals surface area contributed by atoms with Gasteiger partial charge in [-0.3, -0.25) is 9.69 Å². The van der Waals surface area contributed by atoms with Crippen LogP contribution in [0.25, 0.3) is 6.08 Å². The zero-order valence-electron chi connectivity index (χ0n) is 11.9. The largest absolute Gasteiger partial charge is 0.357 e. The molecule has 22 heavy (non-hydrogen) atoms. The topological polar surface area (TPSA) is 54.3 Å². The summed E-state index contributed by atoms with van der Waals surface area (Å²) < 4.78 is 1.87. The molecule has 2 heterocycles. The summed E-state index contributed by atoms with van der Waals surface area (Å²) in [7, 11) is 1.89. The third-order valence-corrected chi connectivity index (χ3v) is 3.78. The summed E-state index contributed by atoms with van der Waals surface area (Å²) in [4.78, 5) is 25.5. The lowest BCUT2D eigenvalue weighted by Crippen LogP contribution is -2.30. The van der Waals surface area contributed by atoms with Gasteiger partial charge in [-0.15, -0.1) is 0 Å². The SMILES string of the molecule is Cn1ccc(/C=C2/NC(=O)N(Cc3ccccc3Cl)C2=O)c1. The Balaban J connectivity index is 1.83. The molecule has 5 nitrogen and oxygen atoms in total. The van der Waals surface area contributed by atoms with E-state index in [1.165, 1.54) is 0 Å². The van der Waals surface area contributed by atoms with E-state index in [0.29, 0.717) is 5.02 Å². The Bertz CT molecular complexity index is 779. The van der Waals surface area contributed by atoms with Gasteiger partial charge < -0.3 is 9.88 Å². The fourth-order valence-corrected chi connectivity index (χ4v) is 2.48. The van der Waals surface area contributed by atoms with E-state index < -0.39 is 6.03 Å². The number of rotatable bonds is 3. The standard InChI is InChI=1S/C16H14ClN3O2/c1-19-7-6-11(9-19)8-14-15(21)20(16(22)18-14)10-12-4-2-3-5-13(12)17/h2-9H,10H2,1H3,(H,18,22)/b14-8+. The van der Waals surface area contributed by atoms with E-state index >= 15 is 0 Å². The van der Waals surface area contributed by atoms with Crippen LogP contribution in [0, 0.1) is 0 Å². The van der Waals surface area contributed by atoms with Crippen molar-refractivity contribution in [3.63, 3.8) is 0 Å². The number of urea groups is 1. The molecule has 1 fully saturated rings. The Kier molecular flexibility index (Phi) is 3.73. The van der Waals surface area contributed by atoms with Crippen molar-refractivity contribution in [3.05, 3.63) is 64.6 Å². The first kappa shape index (κ1) is 14.4. The molecule has 0 radical (unpaired) electrons. The van der Waals surface area contributed by atoms with Crippen LogP contribution in [0.3, 0.4) is 0 Å². The van der Waals surface area contributed by atoms with Crippen LogP contribution >= 0.6 is 11.6 Å². The number of hydrogen-bond donors (Lipinski definition) is 1. The lowest BCUT2D eigenvalue weighted by Gasteiger charge is -2.12. The Labute approximate surface area is 132 Å². The molecule has 1 aromatic carbocycles. The van der Waals surface area contributed by atoms with Crippen LogP contribution in [0.5, 0.6) is 0 Å². The van der Waals surface area contributed by atoms with Crippen molar-refractivity contribution in [2.24, 2.45) is 7.05 Å². The van der Waals surface area contributed by atoms with Gasteiger partial charge >= 0.3 is 6.03 Å². The Hall–Kier alpha value is -2.53. The van der Waals surface area contributed by atoms with Gasteiger partial charge in [-0.1, -0.05) is 29.8 Å². The third kappa shape index (κ3) is 2.76. The summed E-state index contributed by atoms with van der Waals surface area (Å²) in [5, 5.41) is 3.13. The quantitative estimate of drug-likeness (QED) is 0.699. The second-order valence-corrected chi connectivity index (χ2v) is 5.49. The van der Waals surface area contributed by atoms with Crippen LogP contribution in [0.2, 0.25) is 5.02 Å². The molecule has 3 rings (SSSR count). The highest BCUT2D eigenvalue weighted by molar-refractivity contribution is 6.31. The molecule has 0 aliphatic carbocycles. The van der Waals surface area contributed by atoms with E-state index in [1.54, 1.807) is 24.3 Å². The molecular weight excluding hydrogens is 302 g/mol. The highest BCUT2D eigenvalue weighted by Crippen LogP contribution is 2.21. The number of halogens is 1. The van der Waals surface area contributed by atoms with Gasteiger partial charge in [0.25, 0.3) is 5.91 Å². The second kappa shape index (κ2) is 5.69. The number of nitrogens with one attached hydrogen (secondary N) is 1. The molecule has 0 saturated carbocycles. The minimum Gasteiger partial charge on any atom is -0.357 e. The number of nitrogens with zero attached hydrogens (tertiary/aromatic N) is 2. The molecular formula is C16H14ClN3O2. The summed E-state index contributed by atoms with van der Waals surface area (Å²) >= 11 is 6.08. The van der Waals surface area contributed by atoms with Crippen molar-refractivity contribution in [3.8, 4) is 0 Å². The lowest BCUT2D eigenvalue weighted by atomic mass is 10.2. The van der Waals surface area contributed by atoms with Crippen LogP contribution in [-0.4, -0.2) is 21.4 Å².